The van der Waals surface area contributed by atoms with Crippen molar-refractivity contribution in [3.8, 4) is 5.75 Å². The molecule has 0 saturated carbocycles. The third-order valence-corrected chi connectivity index (χ3v) is 3.41. The Hall–Kier alpha value is -1.26. The van der Waals surface area contributed by atoms with Gasteiger partial charge in [0.25, 0.3) is 5.91 Å². The summed E-state index contributed by atoms with van der Waals surface area (Å²) in [5.41, 5.74) is 6.53. The fraction of sp³-hybridized carbons (Fsp3) is 0.588. The van der Waals surface area contributed by atoms with E-state index in [0.717, 1.165) is 12.0 Å². The Morgan fingerprint density at radius 2 is 2.00 bits per heavy atom. The van der Waals surface area contributed by atoms with Gasteiger partial charge in [-0.15, -0.1) is 12.4 Å². The van der Waals surface area contributed by atoms with Crippen molar-refractivity contribution in [2.24, 2.45) is 11.7 Å². The van der Waals surface area contributed by atoms with Crippen LogP contribution in [0.15, 0.2) is 24.3 Å². The molecule has 0 heterocycles. The van der Waals surface area contributed by atoms with E-state index in [1.54, 1.807) is 6.92 Å². The third kappa shape index (κ3) is 6.67. The summed E-state index contributed by atoms with van der Waals surface area (Å²) in [5, 5.41) is 3.02. The summed E-state index contributed by atoms with van der Waals surface area (Å²) in [7, 11) is 0. The second kappa shape index (κ2) is 9.01. The SMILES string of the molecule is Cc1cccc(OC(C)C(=O)NC(C)(CN)CC(C)C)c1.Cl. The number of hydrogen-bond acceptors (Lipinski definition) is 3. The highest BCUT2D eigenvalue weighted by molar-refractivity contribution is 5.85. The number of rotatable bonds is 7. The standard InChI is InChI=1S/C17H28N2O2.ClH/c1-12(2)10-17(5,11-18)19-16(20)14(4)21-15-8-6-7-13(3)9-15;/h6-9,12,14H,10-11,18H2,1-5H3,(H,19,20);1H. The molecule has 1 amide bonds. The van der Waals surface area contributed by atoms with Crippen LogP contribution in [0.4, 0.5) is 0 Å². The van der Waals surface area contributed by atoms with Crippen LogP contribution in [0.2, 0.25) is 0 Å². The summed E-state index contributed by atoms with van der Waals surface area (Å²) in [4.78, 5) is 12.3. The molecule has 0 fully saturated rings. The Labute approximate surface area is 140 Å². The number of benzene rings is 1. The minimum absolute atomic E-state index is 0. The van der Waals surface area contributed by atoms with E-state index in [-0.39, 0.29) is 18.3 Å². The quantitative estimate of drug-likeness (QED) is 0.808. The van der Waals surface area contributed by atoms with Gasteiger partial charge in [0.15, 0.2) is 6.10 Å². The molecule has 2 atom stereocenters. The van der Waals surface area contributed by atoms with Crippen LogP contribution in [0.1, 0.15) is 39.7 Å². The van der Waals surface area contributed by atoms with Crippen LogP contribution in [-0.2, 0) is 4.79 Å². The van der Waals surface area contributed by atoms with E-state index in [2.05, 4.69) is 19.2 Å². The molecule has 1 aromatic rings. The topological polar surface area (TPSA) is 64.3 Å². The highest BCUT2D eigenvalue weighted by atomic mass is 35.5. The predicted molar refractivity (Wildman–Crippen MR) is 93.6 cm³/mol. The largest absolute Gasteiger partial charge is 0.481 e. The van der Waals surface area contributed by atoms with Crippen molar-refractivity contribution >= 4 is 18.3 Å². The van der Waals surface area contributed by atoms with E-state index in [0.29, 0.717) is 18.2 Å². The summed E-state index contributed by atoms with van der Waals surface area (Å²) in [6, 6.07) is 7.68. The van der Waals surface area contributed by atoms with Crippen molar-refractivity contribution in [2.45, 2.75) is 52.7 Å². The first kappa shape index (κ1) is 20.7. The summed E-state index contributed by atoms with van der Waals surface area (Å²) in [5.74, 6) is 1.04. The fourth-order valence-electron chi connectivity index (χ4n) is 2.43. The first-order valence-corrected chi connectivity index (χ1v) is 7.51. The molecule has 1 aromatic carbocycles. The van der Waals surface area contributed by atoms with Crippen molar-refractivity contribution < 1.29 is 9.53 Å². The Morgan fingerprint density at radius 1 is 1.36 bits per heavy atom. The molecule has 5 heteroatoms. The predicted octanol–water partition coefficient (Wildman–Crippen LogP) is 3.06. The van der Waals surface area contributed by atoms with Crippen molar-refractivity contribution in [1.29, 1.82) is 0 Å². The molecule has 0 saturated heterocycles. The molecule has 0 bridgehead atoms. The molecule has 126 valence electrons. The molecule has 2 unspecified atom stereocenters. The average Bonchev–Trinajstić information content (AvgIpc) is 2.37. The molecule has 0 radical (unpaired) electrons. The normalized spacial score (nSPS) is 14.7. The van der Waals surface area contributed by atoms with Gasteiger partial charge in [-0.25, -0.2) is 0 Å². The summed E-state index contributed by atoms with van der Waals surface area (Å²) in [6.07, 6.45) is 0.289. The molecule has 3 N–H and O–H groups in total. The summed E-state index contributed by atoms with van der Waals surface area (Å²) in [6.45, 7) is 10.4. The van der Waals surface area contributed by atoms with Crippen molar-refractivity contribution in [3.05, 3.63) is 29.8 Å². The monoisotopic (exact) mass is 328 g/mol. The van der Waals surface area contributed by atoms with E-state index in [4.69, 9.17) is 10.5 Å². The van der Waals surface area contributed by atoms with Crippen LogP contribution in [-0.4, -0.2) is 24.1 Å². The minimum atomic E-state index is -0.551. The molecular formula is C17H29ClN2O2. The minimum Gasteiger partial charge on any atom is -0.481 e. The zero-order valence-corrected chi connectivity index (χ0v) is 15.0. The number of nitrogens with one attached hydrogen (secondary N) is 1. The van der Waals surface area contributed by atoms with Gasteiger partial charge >= 0.3 is 0 Å². The Bertz CT molecular complexity index is 479. The Balaban J connectivity index is 0.00000441. The molecule has 0 aliphatic carbocycles. The Kier molecular flexibility index (Phi) is 8.49. The molecule has 4 nitrogen and oxygen atoms in total. The van der Waals surface area contributed by atoms with Gasteiger partial charge in [-0.05, 0) is 50.8 Å². The second-order valence-electron chi connectivity index (χ2n) is 6.43. The maximum atomic E-state index is 12.3. The van der Waals surface area contributed by atoms with Crippen LogP contribution in [0.25, 0.3) is 0 Å². The summed E-state index contributed by atoms with van der Waals surface area (Å²) >= 11 is 0. The highest BCUT2D eigenvalue weighted by Crippen LogP contribution is 2.17. The lowest BCUT2D eigenvalue weighted by molar-refractivity contribution is -0.129. The lowest BCUT2D eigenvalue weighted by Gasteiger charge is -2.32. The number of aryl methyl sites for hydroxylation is 1. The molecule has 22 heavy (non-hydrogen) atoms. The molecule has 0 spiro atoms. The van der Waals surface area contributed by atoms with E-state index >= 15 is 0 Å². The van der Waals surface area contributed by atoms with E-state index in [1.807, 2.05) is 38.1 Å². The first-order valence-electron chi connectivity index (χ1n) is 7.51. The smallest absolute Gasteiger partial charge is 0.261 e. The number of amides is 1. The lowest BCUT2D eigenvalue weighted by Crippen LogP contribution is -2.55. The molecule has 0 aromatic heterocycles. The number of carbonyl (C=O) groups is 1. The third-order valence-electron chi connectivity index (χ3n) is 3.41. The van der Waals surface area contributed by atoms with Gasteiger partial charge < -0.3 is 15.8 Å². The number of halogens is 1. The highest BCUT2D eigenvalue weighted by Gasteiger charge is 2.28. The first-order chi connectivity index (χ1) is 9.75. The molecule has 0 aliphatic rings. The van der Waals surface area contributed by atoms with E-state index < -0.39 is 11.6 Å². The van der Waals surface area contributed by atoms with Crippen molar-refractivity contribution in [3.63, 3.8) is 0 Å². The van der Waals surface area contributed by atoms with E-state index in [1.165, 1.54) is 0 Å². The van der Waals surface area contributed by atoms with Crippen LogP contribution in [0.5, 0.6) is 5.75 Å². The van der Waals surface area contributed by atoms with Gasteiger partial charge in [0.05, 0.1) is 0 Å². The van der Waals surface area contributed by atoms with Crippen LogP contribution in [0.3, 0.4) is 0 Å². The number of ether oxygens (including phenoxy) is 1. The second-order valence-corrected chi connectivity index (χ2v) is 6.43. The van der Waals surface area contributed by atoms with Gasteiger partial charge in [-0.1, -0.05) is 26.0 Å². The zero-order chi connectivity index (χ0) is 16.0. The van der Waals surface area contributed by atoms with Gasteiger partial charge in [0.2, 0.25) is 0 Å². The Morgan fingerprint density at radius 3 is 2.50 bits per heavy atom. The lowest BCUT2D eigenvalue weighted by atomic mass is 9.90. The van der Waals surface area contributed by atoms with E-state index in [9.17, 15) is 4.79 Å². The van der Waals surface area contributed by atoms with Crippen molar-refractivity contribution in [2.75, 3.05) is 6.54 Å². The summed E-state index contributed by atoms with van der Waals surface area (Å²) < 4.78 is 5.70. The van der Waals surface area contributed by atoms with Gasteiger partial charge in [0.1, 0.15) is 5.75 Å². The van der Waals surface area contributed by atoms with Crippen LogP contribution < -0.4 is 15.8 Å². The number of nitrogens with two attached hydrogens (primary N) is 1. The maximum Gasteiger partial charge on any atom is 0.261 e. The average molecular weight is 329 g/mol. The zero-order valence-electron chi connectivity index (χ0n) is 14.2. The number of carbonyl (C=O) groups excluding carboxylic acids is 1. The van der Waals surface area contributed by atoms with Crippen LogP contribution in [0, 0.1) is 12.8 Å². The molecular weight excluding hydrogens is 300 g/mol. The van der Waals surface area contributed by atoms with Crippen LogP contribution >= 0.6 is 12.4 Å². The molecule has 0 aliphatic heterocycles. The number of hydrogen-bond donors (Lipinski definition) is 2. The maximum absolute atomic E-state index is 12.3. The van der Waals surface area contributed by atoms with Gasteiger partial charge in [-0.2, -0.15) is 0 Å². The van der Waals surface area contributed by atoms with Crippen molar-refractivity contribution in [1.82, 2.24) is 5.32 Å². The van der Waals surface area contributed by atoms with Gasteiger partial charge in [0, 0.05) is 12.1 Å². The fourth-order valence-corrected chi connectivity index (χ4v) is 2.43. The molecule has 1 rings (SSSR count). The van der Waals surface area contributed by atoms with Gasteiger partial charge in [-0.3, -0.25) is 4.79 Å².